The summed E-state index contributed by atoms with van der Waals surface area (Å²) in [6, 6.07) is 5.35. The summed E-state index contributed by atoms with van der Waals surface area (Å²) in [5, 5.41) is 22.8. The molecule has 8 heteroatoms. The number of carbonyl (C=O) groups is 2. The molecule has 1 saturated carbocycles. The number of nitrogens with one attached hydrogen (secondary N) is 1. The molecule has 0 amide bonds. The second kappa shape index (κ2) is 8.20. The third kappa shape index (κ3) is 4.25. The third-order valence-corrected chi connectivity index (χ3v) is 5.27. The van der Waals surface area contributed by atoms with E-state index in [1.807, 2.05) is 0 Å². The minimum absolute atomic E-state index is 0.0387. The maximum atomic E-state index is 12.4. The molecule has 0 radical (unpaired) electrons. The van der Waals surface area contributed by atoms with Gasteiger partial charge in [0.25, 0.3) is 0 Å². The summed E-state index contributed by atoms with van der Waals surface area (Å²) in [7, 11) is -1.16. The number of rotatable bonds is 8. The largest absolute Gasteiger partial charge is 0.535 e. The summed E-state index contributed by atoms with van der Waals surface area (Å²) < 4.78 is 5.45. The summed E-state index contributed by atoms with van der Waals surface area (Å²) in [5.74, 6) is -0.705. The number of aromatic carboxylic acids is 1. The van der Waals surface area contributed by atoms with Crippen LogP contribution in [-0.2, 0) is 11.2 Å². The first-order chi connectivity index (χ1) is 12.5. The highest BCUT2D eigenvalue weighted by atomic mass is 16.5. The van der Waals surface area contributed by atoms with Gasteiger partial charge in [-0.3, -0.25) is 4.79 Å². The van der Waals surface area contributed by atoms with Crippen molar-refractivity contribution in [2.24, 2.45) is 11.7 Å². The van der Waals surface area contributed by atoms with Crippen molar-refractivity contribution in [1.29, 1.82) is 0 Å². The number of carbonyl (C=O) groups excluding carboxylic acids is 1. The molecule has 0 aromatic heterocycles. The van der Waals surface area contributed by atoms with E-state index in [-0.39, 0.29) is 29.3 Å². The van der Waals surface area contributed by atoms with Crippen LogP contribution in [0.5, 0.6) is 5.75 Å². The molecule has 1 aromatic carbocycles. The van der Waals surface area contributed by atoms with E-state index in [2.05, 4.69) is 5.32 Å². The molecule has 5 N–H and O–H groups in total. The maximum absolute atomic E-state index is 12.4. The Morgan fingerprint density at radius 1 is 1.31 bits per heavy atom. The van der Waals surface area contributed by atoms with Gasteiger partial charge in [-0.15, -0.1) is 0 Å². The molecule has 1 atom stereocenters. The average molecular weight is 360 g/mol. The number of carboxylic acids is 1. The second-order valence-corrected chi connectivity index (χ2v) is 7.30. The molecule has 1 aliphatic carbocycles. The van der Waals surface area contributed by atoms with Crippen molar-refractivity contribution < 1.29 is 24.4 Å². The number of ketones is 1. The van der Waals surface area contributed by atoms with Gasteiger partial charge in [-0.1, -0.05) is 12.1 Å². The van der Waals surface area contributed by atoms with E-state index in [0.717, 1.165) is 24.9 Å². The topological polar surface area (TPSA) is 122 Å². The fourth-order valence-corrected chi connectivity index (χ4v) is 3.88. The van der Waals surface area contributed by atoms with Gasteiger partial charge in [0.1, 0.15) is 11.5 Å². The zero-order chi connectivity index (χ0) is 18.7. The number of nitrogens with two attached hydrogens (primary N) is 1. The Kier molecular flexibility index (Phi) is 5.96. The molecule has 0 saturated heterocycles. The van der Waals surface area contributed by atoms with Crippen LogP contribution in [-0.4, -0.2) is 48.1 Å². The van der Waals surface area contributed by atoms with Gasteiger partial charge in [-0.05, 0) is 36.8 Å². The van der Waals surface area contributed by atoms with Gasteiger partial charge in [0.2, 0.25) is 0 Å². The van der Waals surface area contributed by atoms with Crippen molar-refractivity contribution in [2.45, 2.75) is 44.0 Å². The van der Waals surface area contributed by atoms with Crippen LogP contribution in [0, 0.1) is 5.92 Å². The van der Waals surface area contributed by atoms with Gasteiger partial charge in [-0.2, -0.15) is 0 Å². The molecule has 1 aromatic rings. The highest BCUT2D eigenvalue weighted by Gasteiger charge is 2.38. The van der Waals surface area contributed by atoms with Crippen molar-refractivity contribution in [3.63, 3.8) is 0 Å². The lowest BCUT2D eigenvalue weighted by atomic mass is 9.63. The third-order valence-electron chi connectivity index (χ3n) is 5.27. The predicted molar refractivity (Wildman–Crippen MR) is 97.3 cm³/mol. The Balaban J connectivity index is 1.52. The molecular weight excluding hydrogens is 335 g/mol. The van der Waals surface area contributed by atoms with Gasteiger partial charge in [-0.25, -0.2) is 4.79 Å². The molecule has 1 fully saturated rings. The van der Waals surface area contributed by atoms with E-state index in [1.54, 1.807) is 12.1 Å². The Hall–Kier alpha value is -1.90. The van der Waals surface area contributed by atoms with Crippen LogP contribution in [0.15, 0.2) is 18.2 Å². The zero-order valence-electron chi connectivity index (χ0n) is 14.7. The van der Waals surface area contributed by atoms with Gasteiger partial charge in [0, 0.05) is 37.8 Å². The first-order valence-corrected chi connectivity index (χ1v) is 9.13. The van der Waals surface area contributed by atoms with E-state index in [9.17, 15) is 19.7 Å². The monoisotopic (exact) mass is 360 g/mol. The fourth-order valence-electron chi connectivity index (χ4n) is 3.88. The van der Waals surface area contributed by atoms with Crippen LogP contribution in [0.3, 0.4) is 0 Å². The molecule has 0 bridgehead atoms. The Bertz CT molecular complexity index is 678. The molecule has 0 spiro atoms. The highest BCUT2D eigenvalue weighted by molar-refractivity contribution is 6.47. The normalized spacial score (nSPS) is 24.4. The van der Waals surface area contributed by atoms with Crippen molar-refractivity contribution in [3.8, 4) is 5.75 Å². The van der Waals surface area contributed by atoms with E-state index < -0.39 is 13.1 Å². The summed E-state index contributed by atoms with van der Waals surface area (Å²) in [6.45, 7) is 1.42. The summed E-state index contributed by atoms with van der Waals surface area (Å²) in [4.78, 5) is 23.6. The summed E-state index contributed by atoms with van der Waals surface area (Å²) in [5.41, 5.74) is 6.23. The number of carboxylic acid groups (broad SMARTS) is 1. The number of hydrogen-bond acceptors (Lipinski definition) is 6. The van der Waals surface area contributed by atoms with Crippen molar-refractivity contribution in [3.05, 3.63) is 29.3 Å². The molecule has 140 valence electrons. The Morgan fingerprint density at radius 3 is 2.77 bits per heavy atom. The number of fused-ring (bicyclic) bond motifs is 1. The standard InChI is InChI=1S/C18H25BN2O5/c20-4-5-21-14-6-11(7-14)8-15(22)10-13-9-12-2-1-3-16(18(23)24)17(12)26-19(13)25/h1-3,11,13-14,21,25H,4-10,20H2,(H,23,24)/t11?,13-,14?/m1/s1. The molecule has 3 rings (SSSR count). The molecular formula is C18H25BN2O5. The highest BCUT2D eigenvalue weighted by Crippen LogP contribution is 2.37. The number of benzene rings is 1. The maximum Gasteiger partial charge on any atom is 0.526 e. The van der Waals surface area contributed by atoms with Crippen molar-refractivity contribution in [1.82, 2.24) is 5.32 Å². The fraction of sp³-hybridized carbons (Fsp3) is 0.556. The number of para-hydroxylation sites is 1. The summed E-state index contributed by atoms with van der Waals surface area (Å²) in [6.07, 6.45) is 3.18. The first kappa shape index (κ1) is 18.9. The van der Waals surface area contributed by atoms with E-state index in [4.69, 9.17) is 10.4 Å². The molecule has 1 heterocycles. The Morgan fingerprint density at radius 2 is 2.08 bits per heavy atom. The average Bonchev–Trinajstić information content (AvgIpc) is 2.56. The minimum atomic E-state index is -1.16. The lowest BCUT2D eigenvalue weighted by Crippen LogP contribution is -2.44. The van der Waals surface area contributed by atoms with Crippen LogP contribution >= 0.6 is 0 Å². The first-order valence-electron chi connectivity index (χ1n) is 9.13. The van der Waals surface area contributed by atoms with Crippen LogP contribution in [0.4, 0.5) is 0 Å². The zero-order valence-corrected chi connectivity index (χ0v) is 14.7. The van der Waals surface area contributed by atoms with E-state index in [1.165, 1.54) is 6.07 Å². The van der Waals surface area contributed by atoms with Gasteiger partial charge < -0.3 is 25.8 Å². The minimum Gasteiger partial charge on any atom is -0.535 e. The lowest BCUT2D eigenvalue weighted by molar-refractivity contribution is -0.120. The van der Waals surface area contributed by atoms with Crippen LogP contribution in [0.2, 0.25) is 5.82 Å². The van der Waals surface area contributed by atoms with Gasteiger partial charge in [0.15, 0.2) is 0 Å². The number of Topliss-reactive ketones (excluding diaryl/α,β-unsaturated/α-hetero) is 1. The molecule has 1 aliphatic heterocycles. The predicted octanol–water partition coefficient (Wildman–Crippen LogP) is 0.847. The second-order valence-electron chi connectivity index (χ2n) is 7.30. The molecule has 7 nitrogen and oxygen atoms in total. The smallest absolute Gasteiger partial charge is 0.526 e. The quantitative estimate of drug-likeness (QED) is 0.507. The molecule has 26 heavy (non-hydrogen) atoms. The SMILES string of the molecule is NCCNC1CC(CC(=O)C[C@H]2Cc3cccc(C(=O)O)c3OB2O)C1. The Labute approximate surface area is 153 Å². The van der Waals surface area contributed by atoms with Crippen LogP contribution in [0.25, 0.3) is 0 Å². The van der Waals surface area contributed by atoms with E-state index in [0.29, 0.717) is 31.3 Å². The van der Waals surface area contributed by atoms with E-state index >= 15 is 0 Å². The van der Waals surface area contributed by atoms with Crippen molar-refractivity contribution >= 4 is 18.9 Å². The molecule has 0 unspecified atom stereocenters. The van der Waals surface area contributed by atoms with Crippen LogP contribution in [0.1, 0.15) is 41.6 Å². The summed E-state index contributed by atoms with van der Waals surface area (Å²) >= 11 is 0. The van der Waals surface area contributed by atoms with Crippen molar-refractivity contribution in [2.75, 3.05) is 13.1 Å². The van der Waals surface area contributed by atoms with Gasteiger partial charge in [0.05, 0.1) is 5.56 Å². The molecule has 2 aliphatic rings. The van der Waals surface area contributed by atoms with Gasteiger partial charge >= 0.3 is 13.1 Å². The lowest BCUT2D eigenvalue weighted by Gasteiger charge is -2.36. The van der Waals surface area contributed by atoms with Crippen LogP contribution < -0.4 is 15.7 Å². The number of hydrogen-bond donors (Lipinski definition) is 4.